The molecule has 0 saturated carbocycles. The van der Waals surface area contributed by atoms with Gasteiger partial charge in [-0.25, -0.2) is 0 Å². The Labute approximate surface area is 116 Å². The zero-order valence-corrected chi connectivity index (χ0v) is 11.1. The molecule has 0 N–H and O–H groups in total. The van der Waals surface area contributed by atoms with Crippen molar-refractivity contribution in [2.24, 2.45) is 0 Å². The van der Waals surface area contributed by atoms with Gasteiger partial charge in [-0.15, -0.1) is 0 Å². The highest BCUT2D eigenvalue weighted by Crippen LogP contribution is 2.14. The van der Waals surface area contributed by atoms with Crippen molar-refractivity contribution >= 4 is 10.9 Å². The minimum absolute atomic E-state index is 0.0340. The molecule has 4 heteroatoms. The molecule has 0 amide bonds. The molecule has 0 spiro atoms. The first kappa shape index (κ1) is 12.4. The number of ether oxygens (including phenoxy) is 1. The van der Waals surface area contributed by atoms with Gasteiger partial charge in [0.15, 0.2) is 0 Å². The fourth-order valence-corrected chi connectivity index (χ4v) is 2.24. The highest BCUT2D eigenvalue weighted by molar-refractivity contribution is 5.78. The van der Waals surface area contributed by atoms with E-state index >= 15 is 0 Å². The largest absolute Gasteiger partial charge is 0.497 e. The second-order valence-electron chi connectivity index (χ2n) is 4.50. The first-order valence-electron chi connectivity index (χ1n) is 6.35. The third kappa shape index (κ3) is 2.28. The van der Waals surface area contributed by atoms with Gasteiger partial charge in [-0.2, -0.15) is 0 Å². The molecule has 3 aromatic rings. The van der Waals surface area contributed by atoms with E-state index in [9.17, 15) is 4.79 Å². The van der Waals surface area contributed by atoms with Crippen LogP contribution in [-0.4, -0.2) is 16.7 Å². The third-order valence-electron chi connectivity index (χ3n) is 3.24. The summed E-state index contributed by atoms with van der Waals surface area (Å²) in [5, 5.41) is 1.04. The van der Waals surface area contributed by atoms with Crippen LogP contribution in [0.25, 0.3) is 10.9 Å². The van der Waals surface area contributed by atoms with Crippen molar-refractivity contribution in [2.45, 2.75) is 6.54 Å². The SMILES string of the molecule is COc1ccnc(Cn2c(=O)ccc3ccccc32)c1. The first-order chi connectivity index (χ1) is 9.78. The molecule has 2 aromatic heterocycles. The Balaban J connectivity index is 2.10. The monoisotopic (exact) mass is 266 g/mol. The van der Waals surface area contributed by atoms with Crippen LogP contribution in [0.4, 0.5) is 0 Å². The molecule has 0 aliphatic rings. The van der Waals surface area contributed by atoms with Crippen molar-refractivity contribution in [3.05, 3.63) is 70.8 Å². The maximum absolute atomic E-state index is 12.1. The van der Waals surface area contributed by atoms with E-state index in [0.29, 0.717) is 6.54 Å². The van der Waals surface area contributed by atoms with E-state index in [1.54, 1.807) is 30.0 Å². The van der Waals surface area contributed by atoms with Gasteiger partial charge < -0.3 is 9.30 Å². The van der Waals surface area contributed by atoms with Crippen molar-refractivity contribution in [3.63, 3.8) is 0 Å². The Bertz CT molecular complexity index is 809. The van der Waals surface area contributed by atoms with E-state index < -0.39 is 0 Å². The van der Waals surface area contributed by atoms with E-state index in [0.717, 1.165) is 22.3 Å². The predicted octanol–water partition coefficient (Wildman–Crippen LogP) is 2.45. The van der Waals surface area contributed by atoms with Crippen LogP contribution in [0.5, 0.6) is 5.75 Å². The van der Waals surface area contributed by atoms with Gasteiger partial charge in [0.2, 0.25) is 0 Å². The summed E-state index contributed by atoms with van der Waals surface area (Å²) in [7, 11) is 1.61. The number of pyridine rings is 2. The molecule has 0 unspecified atom stereocenters. The molecule has 1 aromatic carbocycles. The molecule has 100 valence electrons. The summed E-state index contributed by atoms with van der Waals surface area (Å²) in [6.07, 6.45) is 1.68. The van der Waals surface area contributed by atoms with Gasteiger partial charge in [0, 0.05) is 18.3 Å². The Hall–Kier alpha value is -2.62. The van der Waals surface area contributed by atoms with Crippen molar-refractivity contribution < 1.29 is 4.74 Å². The first-order valence-corrected chi connectivity index (χ1v) is 6.35. The predicted molar refractivity (Wildman–Crippen MR) is 78.1 cm³/mol. The standard InChI is InChI=1S/C16H14N2O2/c1-20-14-8-9-17-13(10-14)11-18-15-5-3-2-4-12(15)6-7-16(18)19/h2-10H,11H2,1H3. The fourth-order valence-electron chi connectivity index (χ4n) is 2.24. The molecule has 0 bridgehead atoms. The summed E-state index contributed by atoms with van der Waals surface area (Å²) in [6.45, 7) is 0.428. The Kier molecular flexibility index (Phi) is 3.21. The van der Waals surface area contributed by atoms with E-state index in [1.165, 1.54) is 0 Å². The normalized spacial score (nSPS) is 10.7. The van der Waals surface area contributed by atoms with Crippen molar-refractivity contribution in [1.29, 1.82) is 0 Å². The molecular weight excluding hydrogens is 252 g/mol. The van der Waals surface area contributed by atoms with Gasteiger partial charge in [0.25, 0.3) is 5.56 Å². The number of aromatic nitrogens is 2. The van der Waals surface area contributed by atoms with E-state index in [4.69, 9.17) is 4.74 Å². The lowest BCUT2D eigenvalue weighted by Crippen LogP contribution is -2.20. The molecule has 20 heavy (non-hydrogen) atoms. The molecule has 0 radical (unpaired) electrons. The Morgan fingerprint density at radius 2 is 2.00 bits per heavy atom. The summed E-state index contributed by atoms with van der Waals surface area (Å²) >= 11 is 0. The molecule has 0 saturated heterocycles. The number of fused-ring (bicyclic) bond motifs is 1. The third-order valence-corrected chi connectivity index (χ3v) is 3.24. The van der Waals surface area contributed by atoms with Crippen molar-refractivity contribution in [1.82, 2.24) is 9.55 Å². The topological polar surface area (TPSA) is 44.1 Å². The maximum Gasteiger partial charge on any atom is 0.251 e. The number of hydrogen-bond donors (Lipinski definition) is 0. The van der Waals surface area contributed by atoms with Crippen LogP contribution < -0.4 is 10.3 Å². The molecule has 2 heterocycles. The highest BCUT2D eigenvalue weighted by atomic mass is 16.5. The smallest absolute Gasteiger partial charge is 0.251 e. The Morgan fingerprint density at radius 3 is 2.85 bits per heavy atom. The van der Waals surface area contributed by atoms with Crippen LogP contribution in [0.1, 0.15) is 5.69 Å². The highest BCUT2D eigenvalue weighted by Gasteiger charge is 2.05. The van der Waals surface area contributed by atoms with E-state index in [2.05, 4.69) is 4.98 Å². The lowest BCUT2D eigenvalue weighted by atomic mass is 10.2. The second kappa shape index (κ2) is 5.17. The number of para-hydroxylation sites is 1. The summed E-state index contributed by atoms with van der Waals surface area (Å²) in [4.78, 5) is 16.4. The van der Waals surface area contributed by atoms with Crippen LogP contribution in [0.15, 0.2) is 59.5 Å². The number of rotatable bonds is 3. The van der Waals surface area contributed by atoms with Gasteiger partial charge >= 0.3 is 0 Å². The zero-order chi connectivity index (χ0) is 13.9. The maximum atomic E-state index is 12.1. The van der Waals surface area contributed by atoms with Crippen LogP contribution in [-0.2, 0) is 6.54 Å². The van der Waals surface area contributed by atoms with Crippen LogP contribution in [0.3, 0.4) is 0 Å². The van der Waals surface area contributed by atoms with Crippen molar-refractivity contribution in [3.8, 4) is 5.75 Å². The van der Waals surface area contributed by atoms with Crippen molar-refractivity contribution in [2.75, 3.05) is 7.11 Å². The number of nitrogens with zero attached hydrogens (tertiary/aromatic N) is 2. The average Bonchev–Trinajstić information content (AvgIpc) is 2.50. The van der Waals surface area contributed by atoms with Crippen LogP contribution in [0, 0.1) is 0 Å². The lowest BCUT2D eigenvalue weighted by molar-refractivity contribution is 0.413. The minimum atomic E-state index is -0.0340. The van der Waals surface area contributed by atoms with E-state index in [1.807, 2.05) is 36.4 Å². The Morgan fingerprint density at radius 1 is 1.15 bits per heavy atom. The van der Waals surface area contributed by atoms with E-state index in [-0.39, 0.29) is 5.56 Å². The molecule has 4 nitrogen and oxygen atoms in total. The number of benzene rings is 1. The number of methoxy groups -OCH3 is 1. The summed E-state index contributed by atoms with van der Waals surface area (Å²) in [5.41, 5.74) is 1.67. The molecular formula is C16H14N2O2. The summed E-state index contributed by atoms with van der Waals surface area (Å²) in [5.74, 6) is 0.739. The second-order valence-corrected chi connectivity index (χ2v) is 4.50. The summed E-state index contributed by atoms with van der Waals surface area (Å²) in [6, 6.07) is 14.9. The zero-order valence-electron chi connectivity index (χ0n) is 11.1. The lowest BCUT2D eigenvalue weighted by Gasteiger charge is -2.10. The van der Waals surface area contributed by atoms with Gasteiger partial charge in [-0.05, 0) is 23.6 Å². The van der Waals surface area contributed by atoms with Gasteiger partial charge in [-0.1, -0.05) is 18.2 Å². The summed E-state index contributed by atoms with van der Waals surface area (Å²) < 4.78 is 6.90. The van der Waals surface area contributed by atoms with Crippen LogP contribution in [0.2, 0.25) is 0 Å². The molecule has 3 rings (SSSR count). The quantitative estimate of drug-likeness (QED) is 0.731. The minimum Gasteiger partial charge on any atom is -0.497 e. The fraction of sp³-hybridized carbons (Fsp3) is 0.125. The van der Waals surface area contributed by atoms with Gasteiger partial charge in [0.1, 0.15) is 5.75 Å². The molecule has 0 fully saturated rings. The molecule has 0 atom stereocenters. The molecule has 0 aliphatic heterocycles. The average molecular weight is 266 g/mol. The van der Waals surface area contributed by atoms with Crippen LogP contribution >= 0.6 is 0 Å². The van der Waals surface area contributed by atoms with Gasteiger partial charge in [-0.3, -0.25) is 9.78 Å². The molecule has 0 aliphatic carbocycles. The number of hydrogen-bond acceptors (Lipinski definition) is 3. The van der Waals surface area contributed by atoms with Gasteiger partial charge in [0.05, 0.1) is 24.9 Å².